The van der Waals surface area contributed by atoms with E-state index in [0.29, 0.717) is 22.0 Å². The Morgan fingerprint density at radius 2 is 2.00 bits per heavy atom. The molecule has 0 spiro atoms. The van der Waals surface area contributed by atoms with Crippen molar-refractivity contribution in [2.75, 3.05) is 14.2 Å². The Morgan fingerprint density at radius 1 is 1.24 bits per heavy atom. The van der Waals surface area contributed by atoms with E-state index in [1.54, 1.807) is 6.08 Å². The van der Waals surface area contributed by atoms with Crippen LogP contribution in [0, 0.1) is 0 Å². The molecule has 0 fully saturated rings. The highest BCUT2D eigenvalue weighted by molar-refractivity contribution is 6.35. The minimum Gasteiger partial charge on any atom is -0.498 e. The van der Waals surface area contributed by atoms with E-state index in [0.717, 1.165) is 36.9 Å². The SMILES string of the molecule is COC1=Cc2nc3c(c(Cl)c2C(=O)C1OC)CCCCC3. The summed E-state index contributed by atoms with van der Waals surface area (Å²) in [6, 6.07) is 0. The molecule has 4 nitrogen and oxygen atoms in total. The van der Waals surface area contributed by atoms with Gasteiger partial charge in [-0.1, -0.05) is 18.0 Å². The van der Waals surface area contributed by atoms with Crippen molar-refractivity contribution >= 4 is 23.5 Å². The molecule has 0 aliphatic heterocycles. The first-order valence-electron chi connectivity index (χ1n) is 7.21. The van der Waals surface area contributed by atoms with Gasteiger partial charge in [0.15, 0.2) is 6.10 Å². The smallest absolute Gasteiger partial charge is 0.202 e. The van der Waals surface area contributed by atoms with Crippen LogP contribution in [0.3, 0.4) is 0 Å². The highest BCUT2D eigenvalue weighted by atomic mass is 35.5. The zero-order valence-electron chi connectivity index (χ0n) is 12.2. The van der Waals surface area contributed by atoms with Crippen molar-refractivity contribution in [3.63, 3.8) is 0 Å². The number of methoxy groups -OCH3 is 2. The summed E-state index contributed by atoms with van der Waals surface area (Å²) in [5.41, 5.74) is 3.14. The third kappa shape index (κ3) is 2.36. The minimum atomic E-state index is -0.731. The number of aromatic nitrogens is 1. The van der Waals surface area contributed by atoms with Crippen LogP contribution in [0.5, 0.6) is 0 Å². The Hall–Kier alpha value is -1.39. The lowest BCUT2D eigenvalue weighted by Crippen LogP contribution is -2.31. The lowest BCUT2D eigenvalue weighted by atomic mass is 9.93. The molecule has 112 valence electrons. The van der Waals surface area contributed by atoms with Gasteiger partial charge in [-0.05, 0) is 31.2 Å². The lowest BCUT2D eigenvalue weighted by Gasteiger charge is -2.24. The second-order valence-electron chi connectivity index (χ2n) is 5.40. The minimum absolute atomic E-state index is 0.170. The van der Waals surface area contributed by atoms with Gasteiger partial charge in [-0.15, -0.1) is 0 Å². The fraction of sp³-hybridized carbons (Fsp3) is 0.500. The number of carbonyl (C=O) groups is 1. The number of halogens is 1. The Labute approximate surface area is 129 Å². The molecule has 0 N–H and O–H groups in total. The molecular formula is C16H18ClNO3. The van der Waals surface area contributed by atoms with Crippen molar-refractivity contribution in [2.45, 2.75) is 38.2 Å². The van der Waals surface area contributed by atoms with Gasteiger partial charge in [-0.3, -0.25) is 9.78 Å². The molecule has 0 bridgehead atoms. The second kappa shape index (κ2) is 5.78. The van der Waals surface area contributed by atoms with Gasteiger partial charge in [0.1, 0.15) is 5.76 Å². The van der Waals surface area contributed by atoms with Gasteiger partial charge in [0.05, 0.1) is 23.4 Å². The first kappa shape index (κ1) is 14.5. The monoisotopic (exact) mass is 307 g/mol. The molecule has 0 radical (unpaired) electrons. The third-order valence-electron chi connectivity index (χ3n) is 4.18. The maximum absolute atomic E-state index is 12.6. The molecule has 1 aromatic rings. The standard InChI is InChI=1S/C16H18ClNO3/c1-20-12-8-11-13(15(19)16(12)21-2)14(17)9-6-4-3-5-7-10(9)18-11/h8,16H,3-7H2,1-2H3. The molecule has 0 aromatic carbocycles. The average Bonchev–Trinajstić information content (AvgIpc) is 2.72. The molecule has 1 heterocycles. The van der Waals surface area contributed by atoms with Crippen molar-refractivity contribution < 1.29 is 14.3 Å². The molecule has 1 atom stereocenters. The predicted octanol–water partition coefficient (Wildman–Crippen LogP) is 3.20. The van der Waals surface area contributed by atoms with Gasteiger partial charge >= 0.3 is 0 Å². The molecule has 0 saturated heterocycles. The fourth-order valence-electron chi connectivity index (χ4n) is 3.09. The average molecular weight is 308 g/mol. The molecule has 2 aliphatic carbocycles. The highest BCUT2D eigenvalue weighted by Gasteiger charge is 2.35. The van der Waals surface area contributed by atoms with Crippen LogP contribution in [-0.4, -0.2) is 31.1 Å². The number of carbonyl (C=O) groups excluding carboxylic acids is 1. The van der Waals surface area contributed by atoms with Crippen molar-refractivity contribution in [3.8, 4) is 0 Å². The van der Waals surface area contributed by atoms with Crippen LogP contribution >= 0.6 is 11.6 Å². The Balaban J connectivity index is 2.19. The molecule has 3 rings (SSSR count). The summed E-state index contributed by atoms with van der Waals surface area (Å²) in [7, 11) is 3.02. The van der Waals surface area contributed by atoms with Crippen molar-refractivity contribution in [3.05, 3.63) is 33.3 Å². The number of nitrogens with zero attached hydrogens (tertiary/aromatic N) is 1. The number of pyridine rings is 1. The van der Waals surface area contributed by atoms with E-state index in [2.05, 4.69) is 4.98 Å². The molecule has 0 saturated carbocycles. The summed E-state index contributed by atoms with van der Waals surface area (Å²) < 4.78 is 10.5. The van der Waals surface area contributed by atoms with E-state index >= 15 is 0 Å². The summed E-state index contributed by atoms with van der Waals surface area (Å²) >= 11 is 6.54. The number of ether oxygens (including phenoxy) is 2. The Kier molecular flexibility index (Phi) is 4.00. The zero-order valence-corrected chi connectivity index (χ0v) is 13.0. The van der Waals surface area contributed by atoms with Crippen molar-refractivity contribution in [1.29, 1.82) is 0 Å². The van der Waals surface area contributed by atoms with Gasteiger partial charge in [0, 0.05) is 18.9 Å². The summed E-state index contributed by atoms with van der Waals surface area (Å²) in [6.45, 7) is 0. The first-order chi connectivity index (χ1) is 10.2. The summed E-state index contributed by atoms with van der Waals surface area (Å²) in [5.74, 6) is 0.309. The van der Waals surface area contributed by atoms with Crippen LogP contribution in [-0.2, 0) is 22.3 Å². The van der Waals surface area contributed by atoms with Crippen LogP contribution in [0.25, 0.3) is 6.08 Å². The topological polar surface area (TPSA) is 48.4 Å². The molecule has 21 heavy (non-hydrogen) atoms. The molecule has 5 heteroatoms. The number of hydrogen-bond acceptors (Lipinski definition) is 4. The van der Waals surface area contributed by atoms with Gasteiger partial charge in [-0.2, -0.15) is 0 Å². The highest BCUT2D eigenvalue weighted by Crippen LogP contribution is 2.35. The Morgan fingerprint density at radius 3 is 2.71 bits per heavy atom. The number of ketones is 1. The number of rotatable bonds is 2. The van der Waals surface area contributed by atoms with E-state index in [1.807, 2.05) is 0 Å². The number of Topliss-reactive ketones (excluding diaryl/α,β-unsaturated/α-hetero) is 1. The van der Waals surface area contributed by atoms with E-state index in [1.165, 1.54) is 20.6 Å². The lowest BCUT2D eigenvalue weighted by molar-refractivity contribution is 0.0536. The second-order valence-corrected chi connectivity index (χ2v) is 5.78. The molecule has 0 amide bonds. The molecule has 2 aliphatic rings. The van der Waals surface area contributed by atoms with Crippen LogP contribution in [0.15, 0.2) is 5.76 Å². The number of hydrogen-bond donors (Lipinski definition) is 0. The number of fused-ring (bicyclic) bond motifs is 2. The Bertz CT molecular complexity index is 624. The summed E-state index contributed by atoms with van der Waals surface area (Å²) in [4.78, 5) is 17.3. The molecule has 1 aromatic heterocycles. The molecule has 1 unspecified atom stereocenters. The maximum atomic E-state index is 12.6. The van der Waals surface area contributed by atoms with Gasteiger partial charge in [-0.25, -0.2) is 0 Å². The first-order valence-corrected chi connectivity index (χ1v) is 7.59. The largest absolute Gasteiger partial charge is 0.498 e. The summed E-state index contributed by atoms with van der Waals surface area (Å²) in [6.07, 6.45) is 6.22. The fourth-order valence-corrected chi connectivity index (χ4v) is 3.48. The van der Waals surface area contributed by atoms with E-state index in [4.69, 9.17) is 21.1 Å². The van der Waals surface area contributed by atoms with Crippen LogP contribution in [0.1, 0.15) is 46.6 Å². The summed E-state index contributed by atoms with van der Waals surface area (Å²) in [5, 5.41) is 0.551. The predicted molar refractivity (Wildman–Crippen MR) is 80.6 cm³/mol. The van der Waals surface area contributed by atoms with Crippen LogP contribution in [0.2, 0.25) is 5.02 Å². The van der Waals surface area contributed by atoms with E-state index in [-0.39, 0.29) is 5.78 Å². The van der Waals surface area contributed by atoms with Crippen molar-refractivity contribution in [2.24, 2.45) is 0 Å². The van der Waals surface area contributed by atoms with Crippen molar-refractivity contribution in [1.82, 2.24) is 4.98 Å². The molecular weight excluding hydrogens is 290 g/mol. The quantitative estimate of drug-likeness (QED) is 0.787. The third-order valence-corrected chi connectivity index (χ3v) is 4.60. The van der Waals surface area contributed by atoms with Gasteiger partial charge in [0.2, 0.25) is 5.78 Å². The van der Waals surface area contributed by atoms with E-state index < -0.39 is 6.10 Å². The maximum Gasteiger partial charge on any atom is 0.202 e. The van der Waals surface area contributed by atoms with Gasteiger partial charge < -0.3 is 9.47 Å². The van der Waals surface area contributed by atoms with Crippen LogP contribution in [0.4, 0.5) is 0 Å². The number of aryl methyl sites for hydroxylation is 1. The van der Waals surface area contributed by atoms with E-state index in [9.17, 15) is 4.79 Å². The zero-order chi connectivity index (χ0) is 15.0. The van der Waals surface area contributed by atoms with Gasteiger partial charge in [0.25, 0.3) is 0 Å². The normalized spacial score (nSPS) is 21.2. The van der Waals surface area contributed by atoms with Crippen LogP contribution < -0.4 is 0 Å².